The molecule has 0 aromatic heterocycles. The fourth-order valence-electron chi connectivity index (χ4n) is 2.75. The van der Waals surface area contributed by atoms with Gasteiger partial charge >= 0.3 is 0 Å². The number of rotatable bonds is 3. The molecule has 1 aromatic rings. The fraction of sp³-hybridized carbons (Fsp3) is 0.533. The Morgan fingerprint density at radius 3 is 2.60 bits per heavy atom. The smallest absolute Gasteiger partial charge is 0.254 e. The first-order valence-corrected chi connectivity index (χ1v) is 6.94. The Hall–Kier alpha value is -1.65. The van der Waals surface area contributed by atoms with Crippen LogP contribution in [0.15, 0.2) is 12.1 Å². The van der Waals surface area contributed by atoms with E-state index in [-0.39, 0.29) is 16.7 Å². The number of carbonyl (C=O) groups is 1. The van der Waals surface area contributed by atoms with E-state index in [9.17, 15) is 13.6 Å². The number of amides is 1. The van der Waals surface area contributed by atoms with Crippen LogP contribution in [0.25, 0.3) is 0 Å². The van der Waals surface area contributed by atoms with Gasteiger partial charge in [0.15, 0.2) is 5.82 Å². The average molecular weight is 282 g/mol. The first-order chi connectivity index (χ1) is 9.41. The summed E-state index contributed by atoms with van der Waals surface area (Å²) in [5.74, 6) is -2.18. The number of benzene rings is 1. The highest BCUT2D eigenvalue weighted by atomic mass is 19.1. The minimum absolute atomic E-state index is 0.0449. The van der Waals surface area contributed by atoms with Gasteiger partial charge in [-0.1, -0.05) is 26.2 Å². The molecule has 0 atom stereocenters. The quantitative estimate of drug-likeness (QED) is 0.836. The molecule has 0 unspecified atom stereocenters. The Balaban J connectivity index is 2.05. The summed E-state index contributed by atoms with van der Waals surface area (Å²) in [6.07, 6.45) is 5.60. The number of carbonyl (C=O) groups excluding carboxylic acids is 1. The van der Waals surface area contributed by atoms with Gasteiger partial charge in [0, 0.05) is 6.54 Å². The third-order valence-corrected chi connectivity index (χ3v) is 4.05. The van der Waals surface area contributed by atoms with E-state index in [1.807, 2.05) is 0 Å². The van der Waals surface area contributed by atoms with Crippen molar-refractivity contribution in [2.45, 2.75) is 39.0 Å². The van der Waals surface area contributed by atoms with E-state index in [0.717, 1.165) is 37.8 Å². The maximum atomic E-state index is 13.7. The monoisotopic (exact) mass is 282 g/mol. The summed E-state index contributed by atoms with van der Waals surface area (Å²) in [7, 11) is 0. The summed E-state index contributed by atoms with van der Waals surface area (Å²) in [4.78, 5) is 12.0. The van der Waals surface area contributed by atoms with Crippen LogP contribution in [-0.2, 0) is 0 Å². The van der Waals surface area contributed by atoms with Gasteiger partial charge in [-0.25, -0.2) is 8.78 Å². The molecule has 0 heterocycles. The van der Waals surface area contributed by atoms with Crippen LogP contribution < -0.4 is 11.1 Å². The van der Waals surface area contributed by atoms with Gasteiger partial charge in [-0.2, -0.15) is 0 Å². The van der Waals surface area contributed by atoms with Crippen molar-refractivity contribution in [3.8, 4) is 0 Å². The van der Waals surface area contributed by atoms with E-state index in [0.29, 0.717) is 6.54 Å². The van der Waals surface area contributed by atoms with Gasteiger partial charge in [0.25, 0.3) is 5.91 Å². The zero-order valence-electron chi connectivity index (χ0n) is 11.6. The van der Waals surface area contributed by atoms with Crippen molar-refractivity contribution in [1.29, 1.82) is 0 Å². The number of nitrogens with one attached hydrogen (secondary N) is 1. The molecule has 20 heavy (non-hydrogen) atoms. The molecule has 0 aliphatic heterocycles. The maximum absolute atomic E-state index is 13.7. The number of halogens is 2. The van der Waals surface area contributed by atoms with Crippen molar-refractivity contribution < 1.29 is 13.6 Å². The molecule has 1 aromatic carbocycles. The number of hydrogen-bond donors (Lipinski definition) is 2. The summed E-state index contributed by atoms with van der Waals surface area (Å²) in [6, 6.07) is 1.75. The SMILES string of the molecule is CC1(CNC(=O)c2cc(F)cc(N)c2F)CCCCC1. The van der Waals surface area contributed by atoms with Crippen molar-refractivity contribution in [2.24, 2.45) is 5.41 Å². The minimum atomic E-state index is -0.863. The molecule has 0 radical (unpaired) electrons. The van der Waals surface area contributed by atoms with Gasteiger partial charge in [0.1, 0.15) is 5.82 Å². The predicted octanol–water partition coefficient (Wildman–Crippen LogP) is 3.25. The Bertz CT molecular complexity index is 511. The molecule has 0 saturated heterocycles. The Kier molecular flexibility index (Phi) is 4.26. The van der Waals surface area contributed by atoms with Crippen molar-refractivity contribution in [3.63, 3.8) is 0 Å². The molecule has 1 fully saturated rings. The third-order valence-electron chi connectivity index (χ3n) is 4.05. The van der Waals surface area contributed by atoms with Crippen LogP contribution in [0.4, 0.5) is 14.5 Å². The summed E-state index contributed by atoms with van der Waals surface area (Å²) in [6.45, 7) is 2.59. The largest absolute Gasteiger partial charge is 0.396 e. The van der Waals surface area contributed by atoms with E-state index in [1.165, 1.54) is 6.42 Å². The van der Waals surface area contributed by atoms with Crippen LogP contribution >= 0.6 is 0 Å². The van der Waals surface area contributed by atoms with Gasteiger partial charge in [-0.15, -0.1) is 0 Å². The number of hydrogen-bond acceptors (Lipinski definition) is 2. The topological polar surface area (TPSA) is 55.1 Å². The Morgan fingerprint density at radius 1 is 1.30 bits per heavy atom. The first kappa shape index (κ1) is 14.8. The summed E-state index contributed by atoms with van der Waals surface area (Å²) >= 11 is 0. The zero-order chi connectivity index (χ0) is 14.8. The van der Waals surface area contributed by atoms with Gasteiger partial charge in [-0.3, -0.25) is 4.79 Å². The van der Waals surface area contributed by atoms with Gasteiger partial charge in [-0.05, 0) is 30.4 Å². The molecule has 2 rings (SSSR count). The maximum Gasteiger partial charge on any atom is 0.254 e. The molecule has 1 aliphatic rings. The van der Waals surface area contributed by atoms with Crippen molar-refractivity contribution >= 4 is 11.6 Å². The summed E-state index contributed by atoms with van der Waals surface area (Å²) in [5, 5.41) is 2.70. The standard InChI is InChI=1S/C15H20F2N2O/c1-15(5-3-2-4-6-15)9-19-14(20)11-7-10(16)8-12(18)13(11)17/h7-8H,2-6,9,18H2,1H3,(H,19,20). The van der Waals surface area contributed by atoms with Crippen LogP contribution in [0, 0.1) is 17.0 Å². The fourth-order valence-corrected chi connectivity index (χ4v) is 2.75. The number of nitrogens with two attached hydrogens (primary N) is 1. The second kappa shape index (κ2) is 5.77. The minimum Gasteiger partial charge on any atom is -0.396 e. The van der Waals surface area contributed by atoms with Gasteiger partial charge < -0.3 is 11.1 Å². The summed E-state index contributed by atoms with van der Waals surface area (Å²) < 4.78 is 27.0. The lowest BCUT2D eigenvalue weighted by atomic mass is 9.76. The number of nitrogen functional groups attached to an aromatic ring is 1. The summed E-state index contributed by atoms with van der Waals surface area (Å²) in [5.41, 5.74) is 4.69. The third kappa shape index (κ3) is 3.26. The van der Waals surface area contributed by atoms with Gasteiger partial charge in [0.05, 0.1) is 11.3 Å². The normalized spacial score (nSPS) is 17.8. The van der Waals surface area contributed by atoms with Crippen LogP contribution in [-0.4, -0.2) is 12.5 Å². The second-order valence-electron chi connectivity index (χ2n) is 5.91. The van der Waals surface area contributed by atoms with Crippen molar-refractivity contribution in [2.75, 3.05) is 12.3 Å². The molecule has 0 bridgehead atoms. The molecular formula is C15H20F2N2O. The second-order valence-corrected chi connectivity index (χ2v) is 5.91. The molecule has 0 spiro atoms. The predicted molar refractivity (Wildman–Crippen MR) is 74.3 cm³/mol. The Labute approximate surface area is 117 Å². The molecule has 1 amide bonds. The highest BCUT2D eigenvalue weighted by Gasteiger charge is 2.27. The lowest BCUT2D eigenvalue weighted by Gasteiger charge is -2.33. The Morgan fingerprint density at radius 2 is 1.95 bits per heavy atom. The molecule has 3 N–H and O–H groups in total. The molecule has 5 heteroatoms. The van der Waals surface area contributed by atoms with E-state index < -0.39 is 17.5 Å². The highest BCUT2D eigenvalue weighted by molar-refractivity contribution is 5.95. The molecular weight excluding hydrogens is 262 g/mol. The van der Waals surface area contributed by atoms with Crippen LogP contribution in [0.3, 0.4) is 0 Å². The molecule has 110 valence electrons. The van der Waals surface area contributed by atoms with Crippen molar-refractivity contribution in [1.82, 2.24) is 5.32 Å². The van der Waals surface area contributed by atoms with Crippen LogP contribution in [0.2, 0.25) is 0 Å². The van der Waals surface area contributed by atoms with Crippen LogP contribution in [0.1, 0.15) is 49.4 Å². The van der Waals surface area contributed by atoms with E-state index in [1.54, 1.807) is 0 Å². The van der Waals surface area contributed by atoms with Crippen LogP contribution in [0.5, 0.6) is 0 Å². The van der Waals surface area contributed by atoms with E-state index in [4.69, 9.17) is 5.73 Å². The average Bonchev–Trinajstić information content (AvgIpc) is 2.41. The zero-order valence-corrected chi connectivity index (χ0v) is 11.6. The molecule has 1 saturated carbocycles. The molecule has 3 nitrogen and oxygen atoms in total. The number of anilines is 1. The first-order valence-electron chi connectivity index (χ1n) is 6.94. The lowest BCUT2D eigenvalue weighted by Crippen LogP contribution is -2.37. The highest BCUT2D eigenvalue weighted by Crippen LogP contribution is 2.35. The van der Waals surface area contributed by atoms with Crippen molar-refractivity contribution in [3.05, 3.63) is 29.3 Å². The van der Waals surface area contributed by atoms with E-state index >= 15 is 0 Å². The van der Waals surface area contributed by atoms with E-state index in [2.05, 4.69) is 12.2 Å². The lowest BCUT2D eigenvalue weighted by molar-refractivity contribution is 0.0914. The molecule has 1 aliphatic carbocycles. The van der Waals surface area contributed by atoms with Gasteiger partial charge in [0.2, 0.25) is 0 Å².